The van der Waals surface area contributed by atoms with Gasteiger partial charge in [0, 0.05) is 18.1 Å². The lowest BCUT2D eigenvalue weighted by molar-refractivity contribution is 0.353. The van der Waals surface area contributed by atoms with Crippen LogP contribution < -0.4 is 10.2 Å². The molecule has 110 valence electrons. The van der Waals surface area contributed by atoms with Crippen molar-refractivity contribution in [1.29, 1.82) is 0 Å². The van der Waals surface area contributed by atoms with Crippen LogP contribution in [0.15, 0.2) is 18.2 Å². The van der Waals surface area contributed by atoms with E-state index in [9.17, 15) is 8.78 Å². The summed E-state index contributed by atoms with van der Waals surface area (Å²) in [6, 6.07) is 5.73. The van der Waals surface area contributed by atoms with Crippen LogP contribution in [0.4, 0.5) is 14.5 Å². The fourth-order valence-corrected chi connectivity index (χ4v) is 3.78. The number of rotatable bonds is 4. The molecule has 0 saturated carbocycles. The molecule has 0 radical (unpaired) electrons. The molecule has 2 atom stereocenters. The van der Waals surface area contributed by atoms with Crippen molar-refractivity contribution >= 4 is 5.69 Å². The van der Waals surface area contributed by atoms with E-state index in [1.54, 1.807) is 12.1 Å². The molecule has 2 unspecified atom stereocenters. The van der Waals surface area contributed by atoms with Gasteiger partial charge in [-0.1, -0.05) is 13.0 Å². The van der Waals surface area contributed by atoms with Crippen LogP contribution in [0.5, 0.6) is 0 Å². The maximum Gasteiger partial charge on any atom is 0.182 e. The van der Waals surface area contributed by atoms with Gasteiger partial charge in [0.2, 0.25) is 0 Å². The van der Waals surface area contributed by atoms with Crippen LogP contribution in [0, 0.1) is 11.6 Å². The number of anilines is 1. The highest BCUT2D eigenvalue weighted by atomic mass is 19.2. The highest BCUT2D eigenvalue weighted by molar-refractivity contribution is 5.52. The molecule has 4 heteroatoms. The molecule has 0 spiro atoms. The van der Waals surface area contributed by atoms with Crippen LogP contribution in [0.2, 0.25) is 0 Å². The summed E-state index contributed by atoms with van der Waals surface area (Å²) in [5.74, 6) is -1.43. The molecule has 20 heavy (non-hydrogen) atoms. The Bertz CT molecular complexity index is 464. The van der Waals surface area contributed by atoms with Crippen molar-refractivity contribution in [2.45, 2.75) is 57.2 Å². The highest BCUT2D eigenvalue weighted by Gasteiger charge is 2.41. The first-order valence-electron chi connectivity index (χ1n) is 7.66. The summed E-state index contributed by atoms with van der Waals surface area (Å²) in [4.78, 5) is 2.13. The van der Waals surface area contributed by atoms with E-state index >= 15 is 0 Å². The van der Waals surface area contributed by atoms with E-state index in [-0.39, 0.29) is 0 Å². The molecule has 2 bridgehead atoms. The molecular formula is C16H22F2N2. The van der Waals surface area contributed by atoms with Crippen LogP contribution >= 0.6 is 0 Å². The lowest BCUT2D eigenvalue weighted by Crippen LogP contribution is -2.49. The molecule has 2 aliphatic heterocycles. The van der Waals surface area contributed by atoms with Crippen molar-refractivity contribution in [3.8, 4) is 0 Å². The minimum Gasteiger partial charge on any atom is -0.363 e. The number of hydrogen-bond donors (Lipinski definition) is 1. The topological polar surface area (TPSA) is 15.3 Å². The van der Waals surface area contributed by atoms with E-state index in [1.165, 1.54) is 6.07 Å². The molecule has 2 heterocycles. The molecule has 0 aliphatic carbocycles. The van der Waals surface area contributed by atoms with Crippen LogP contribution in [-0.4, -0.2) is 24.7 Å². The van der Waals surface area contributed by atoms with Crippen molar-refractivity contribution in [1.82, 2.24) is 5.32 Å². The number of fused-ring (bicyclic) bond motifs is 2. The third-order valence-electron chi connectivity index (χ3n) is 4.63. The minimum atomic E-state index is -0.742. The zero-order valence-corrected chi connectivity index (χ0v) is 11.9. The SMILES string of the molecule is CCCNC1CC2CCC(C1)N2c1cccc(F)c1F. The second-order valence-corrected chi connectivity index (χ2v) is 5.99. The lowest BCUT2D eigenvalue weighted by Gasteiger charge is -2.41. The number of nitrogens with one attached hydrogen (secondary N) is 1. The number of hydrogen-bond acceptors (Lipinski definition) is 2. The predicted molar refractivity (Wildman–Crippen MR) is 77.0 cm³/mol. The maximum atomic E-state index is 14.0. The third kappa shape index (κ3) is 2.41. The normalized spacial score (nSPS) is 28.9. The predicted octanol–water partition coefficient (Wildman–Crippen LogP) is 3.46. The van der Waals surface area contributed by atoms with Crippen LogP contribution in [0.1, 0.15) is 39.0 Å². The van der Waals surface area contributed by atoms with Gasteiger partial charge >= 0.3 is 0 Å². The molecule has 1 aromatic rings. The van der Waals surface area contributed by atoms with E-state index in [0.717, 1.165) is 38.6 Å². The summed E-state index contributed by atoms with van der Waals surface area (Å²) in [5.41, 5.74) is 0.450. The average Bonchev–Trinajstić information content (AvgIpc) is 2.70. The van der Waals surface area contributed by atoms with Crippen molar-refractivity contribution in [2.24, 2.45) is 0 Å². The molecule has 0 aromatic heterocycles. The first-order valence-corrected chi connectivity index (χ1v) is 7.66. The number of nitrogens with zero attached hydrogens (tertiary/aromatic N) is 1. The van der Waals surface area contributed by atoms with E-state index in [4.69, 9.17) is 0 Å². The monoisotopic (exact) mass is 280 g/mol. The molecule has 1 N–H and O–H groups in total. The lowest BCUT2D eigenvalue weighted by atomic mass is 9.96. The standard InChI is InChI=1S/C16H22F2N2/c1-2-8-19-11-9-12-6-7-13(10-11)20(12)15-5-3-4-14(17)16(15)18/h3-5,11-13,19H,2,6-10H2,1H3. The Balaban J connectivity index is 1.78. The number of piperidine rings is 1. The molecule has 3 rings (SSSR count). The Morgan fingerprint density at radius 3 is 2.55 bits per heavy atom. The first-order chi connectivity index (χ1) is 9.70. The Kier molecular flexibility index (Phi) is 3.92. The van der Waals surface area contributed by atoms with E-state index in [2.05, 4.69) is 17.1 Å². The smallest absolute Gasteiger partial charge is 0.182 e. The quantitative estimate of drug-likeness (QED) is 0.908. The maximum absolute atomic E-state index is 14.0. The summed E-state index contributed by atoms with van der Waals surface area (Å²) >= 11 is 0. The van der Waals surface area contributed by atoms with Gasteiger partial charge in [-0.2, -0.15) is 0 Å². The highest BCUT2D eigenvalue weighted by Crippen LogP contribution is 2.40. The second kappa shape index (κ2) is 5.68. The number of benzene rings is 1. The fraction of sp³-hybridized carbons (Fsp3) is 0.625. The van der Waals surface area contributed by atoms with Gasteiger partial charge in [0.1, 0.15) is 0 Å². The molecule has 2 fully saturated rings. The Morgan fingerprint density at radius 2 is 1.90 bits per heavy atom. The van der Waals surface area contributed by atoms with Crippen LogP contribution in [-0.2, 0) is 0 Å². The Morgan fingerprint density at radius 1 is 1.20 bits per heavy atom. The van der Waals surface area contributed by atoms with Gasteiger partial charge in [-0.15, -0.1) is 0 Å². The van der Waals surface area contributed by atoms with E-state index in [1.807, 2.05) is 0 Å². The van der Waals surface area contributed by atoms with Crippen LogP contribution in [0.3, 0.4) is 0 Å². The minimum absolute atomic E-state index is 0.347. The molecule has 0 amide bonds. The van der Waals surface area contributed by atoms with E-state index in [0.29, 0.717) is 23.8 Å². The van der Waals surface area contributed by atoms with E-state index < -0.39 is 11.6 Å². The Labute approximate surface area is 119 Å². The summed E-state index contributed by atoms with van der Waals surface area (Å²) in [5, 5.41) is 3.58. The number of halogens is 2. The molecule has 2 saturated heterocycles. The third-order valence-corrected chi connectivity index (χ3v) is 4.63. The van der Waals surface area contributed by atoms with Gasteiger partial charge < -0.3 is 10.2 Å². The Hall–Kier alpha value is -1.16. The second-order valence-electron chi connectivity index (χ2n) is 5.99. The van der Waals surface area contributed by atoms with Crippen molar-refractivity contribution in [3.05, 3.63) is 29.8 Å². The van der Waals surface area contributed by atoms with Crippen LogP contribution in [0.25, 0.3) is 0 Å². The van der Waals surface area contributed by atoms with Crippen molar-refractivity contribution < 1.29 is 8.78 Å². The van der Waals surface area contributed by atoms with Gasteiger partial charge in [0.15, 0.2) is 11.6 Å². The van der Waals surface area contributed by atoms with Gasteiger partial charge in [-0.05, 0) is 50.8 Å². The zero-order chi connectivity index (χ0) is 14.1. The molecular weight excluding hydrogens is 258 g/mol. The first kappa shape index (κ1) is 13.8. The van der Waals surface area contributed by atoms with Crippen molar-refractivity contribution in [3.63, 3.8) is 0 Å². The van der Waals surface area contributed by atoms with Crippen molar-refractivity contribution in [2.75, 3.05) is 11.4 Å². The summed E-state index contributed by atoms with van der Waals surface area (Å²) < 4.78 is 27.5. The fourth-order valence-electron chi connectivity index (χ4n) is 3.78. The van der Waals surface area contributed by atoms with Gasteiger partial charge in [-0.3, -0.25) is 0 Å². The van der Waals surface area contributed by atoms with Gasteiger partial charge in [-0.25, -0.2) is 8.78 Å². The summed E-state index contributed by atoms with van der Waals surface area (Å²) in [7, 11) is 0. The largest absolute Gasteiger partial charge is 0.363 e. The van der Waals surface area contributed by atoms with Gasteiger partial charge in [0.05, 0.1) is 5.69 Å². The zero-order valence-electron chi connectivity index (χ0n) is 11.9. The summed E-state index contributed by atoms with van der Waals surface area (Å²) in [6.45, 7) is 3.21. The van der Waals surface area contributed by atoms with Gasteiger partial charge in [0.25, 0.3) is 0 Å². The molecule has 2 nitrogen and oxygen atoms in total. The summed E-state index contributed by atoms with van der Waals surface area (Å²) in [6.07, 6.45) is 5.38. The average molecular weight is 280 g/mol. The molecule has 2 aliphatic rings. The molecule has 1 aromatic carbocycles.